The van der Waals surface area contributed by atoms with E-state index >= 15 is 0 Å². The van der Waals surface area contributed by atoms with Gasteiger partial charge in [-0.2, -0.15) is 9.50 Å². The Hall–Kier alpha value is -3.16. The molecular weight excluding hydrogens is 380 g/mol. The topological polar surface area (TPSA) is 92.5 Å². The van der Waals surface area contributed by atoms with Crippen molar-refractivity contribution in [1.82, 2.24) is 19.6 Å². The highest BCUT2D eigenvalue weighted by Crippen LogP contribution is 2.32. The lowest BCUT2D eigenvalue weighted by Crippen LogP contribution is -2.16. The number of nitrogens with one attached hydrogen (secondary N) is 1. The molecule has 0 amide bonds. The second-order valence-corrected chi connectivity index (χ2v) is 6.69. The Morgan fingerprint density at radius 1 is 1.21 bits per heavy atom. The molecule has 0 bridgehead atoms. The molecular formula is C20H17ClN4O3. The number of benzene rings is 2. The summed E-state index contributed by atoms with van der Waals surface area (Å²) >= 11 is 6.15. The normalized spacial score (nSPS) is 12.2. The van der Waals surface area contributed by atoms with Crippen molar-refractivity contribution in [2.45, 2.75) is 19.6 Å². The number of aliphatic hydroxyl groups excluding tert-OH is 1. The number of nitrogens with zero attached hydrogens (tertiary/aromatic N) is 3. The fraction of sp³-hybridized carbons (Fsp3) is 0.150. The summed E-state index contributed by atoms with van der Waals surface area (Å²) in [5, 5.41) is 14.6. The van der Waals surface area contributed by atoms with Crippen LogP contribution >= 0.6 is 11.6 Å². The van der Waals surface area contributed by atoms with Gasteiger partial charge in [0.25, 0.3) is 5.56 Å². The standard InChI is InChI=1S/C20H17ClN4O3/c1-12(26)18-15(21)8-5-9-16(18)28-11-14-10-17(27)25-20(22-14)23-19(24-25)13-6-3-2-4-7-13/h2-10,12,26H,11H2,1H3,(H,22,23,24). The van der Waals surface area contributed by atoms with Crippen LogP contribution in [0.2, 0.25) is 5.02 Å². The van der Waals surface area contributed by atoms with Gasteiger partial charge in [0, 0.05) is 17.2 Å². The summed E-state index contributed by atoms with van der Waals surface area (Å²) in [6.07, 6.45) is -0.782. The van der Waals surface area contributed by atoms with Crippen molar-refractivity contribution < 1.29 is 9.84 Å². The molecule has 1 unspecified atom stereocenters. The number of hydrogen-bond donors (Lipinski definition) is 2. The van der Waals surface area contributed by atoms with E-state index < -0.39 is 6.10 Å². The highest BCUT2D eigenvalue weighted by atomic mass is 35.5. The van der Waals surface area contributed by atoms with Crippen molar-refractivity contribution in [1.29, 1.82) is 0 Å². The first kappa shape index (κ1) is 18.2. The van der Waals surface area contributed by atoms with Gasteiger partial charge < -0.3 is 14.8 Å². The first-order valence-corrected chi connectivity index (χ1v) is 9.04. The van der Waals surface area contributed by atoms with Crippen molar-refractivity contribution in [2.24, 2.45) is 0 Å². The van der Waals surface area contributed by atoms with Crippen LogP contribution in [0.15, 0.2) is 59.4 Å². The van der Waals surface area contributed by atoms with Crippen LogP contribution in [0.3, 0.4) is 0 Å². The quantitative estimate of drug-likeness (QED) is 0.539. The number of ether oxygens (including phenoxy) is 1. The predicted molar refractivity (Wildman–Crippen MR) is 105 cm³/mol. The van der Waals surface area contributed by atoms with Crippen LogP contribution in [0.1, 0.15) is 24.3 Å². The average molecular weight is 397 g/mol. The molecule has 8 heteroatoms. The van der Waals surface area contributed by atoms with Crippen LogP contribution in [0, 0.1) is 0 Å². The number of H-pyrrole nitrogens is 1. The lowest BCUT2D eigenvalue weighted by atomic mass is 10.1. The number of aromatic amines is 1. The Morgan fingerprint density at radius 2 is 2.00 bits per heavy atom. The molecule has 2 aromatic heterocycles. The van der Waals surface area contributed by atoms with E-state index in [4.69, 9.17) is 16.3 Å². The summed E-state index contributed by atoms with van der Waals surface area (Å²) in [4.78, 5) is 19.9. The average Bonchev–Trinajstić information content (AvgIpc) is 3.11. The monoisotopic (exact) mass is 396 g/mol. The number of aromatic nitrogens is 4. The van der Waals surface area contributed by atoms with E-state index in [9.17, 15) is 9.90 Å². The number of hydrogen-bond acceptors (Lipinski definition) is 5. The van der Waals surface area contributed by atoms with Crippen LogP contribution < -0.4 is 10.3 Å². The summed E-state index contributed by atoms with van der Waals surface area (Å²) < 4.78 is 7.00. The SMILES string of the molecule is CC(O)c1c(Cl)cccc1OCc1cc(=O)n2nc(-c3ccccc3)nc2[nH]1. The van der Waals surface area contributed by atoms with Crippen LogP contribution in [0.4, 0.5) is 0 Å². The van der Waals surface area contributed by atoms with E-state index in [1.807, 2.05) is 30.3 Å². The largest absolute Gasteiger partial charge is 0.487 e. The fourth-order valence-corrected chi connectivity index (χ4v) is 3.25. The van der Waals surface area contributed by atoms with Gasteiger partial charge in [-0.15, -0.1) is 5.10 Å². The van der Waals surface area contributed by atoms with Gasteiger partial charge in [0.15, 0.2) is 5.82 Å². The third kappa shape index (κ3) is 3.49. The van der Waals surface area contributed by atoms with Gasteiger partial charge in [-0.05, 0) is 19.1 Å². The Morgan fingerprint density at radius 3 is 2.75 bits per heavy atom. The maximum Gasteiger partial charge on any atom is 0.276 e. The highest BCUT2D eigenvalue weighted by molar-refractivity contribution is 6.31. The molecule has 2 N–H and O–H groups in total. The molecule has 2 heterocycles. The molecule has 0 saturated carbocycles. The van der Waals surface area contributed by atoms with E-state index in [1.165, 1.54) is 10.6 Å². The summed E-state index contributed by atoms with van der Waals surface area (Å²) in [6, 6.07) is 16.0. The molecule has 1 atom stereocenters. The Labute approximate surface area is 165 Å². The van der Waals surface area contributed by atoms with Gasteiger partial charge in [-0.1, -0.05) is 48.0 Å². The Kier molecular flexibility index (Phi) is 4.85. The Balaban J connectivity index is 1.64. The Bertz CT molecular complexity index is 1190. The van der Waals surface area contributed by atoms with Gasteiger partial charge in [0.05, 0.1) is 16.8 Å². The number of fused-ring (bicyclic) bond motifs is 1. The van der Waals surface area contributed by atoms with E-state index in [1.54, 1.807) is 25.1 Å². The molecule has 28 heavy (non-hydrogen) atoms. The first-order chi connectivity index (χ1) is 13.5. The molecule has 0 aliphatic carbocycles. The summed E-state index contributed by atoms with van der Waals surface area (Å²) in [6.45, 7) is 1.70. The summed E-state index contributed by atoms with van der Waals surface area (Å²) in [5.41, 5.74) is 1.53. The van der Waals surface area contributed by atoms with E-state index in [0.29, 0.717) is 33.6 Å². The predicted octanol–water partition coefficient (Wildman–Crippen LogP) is 3.37. The van der Waals surface area contributed by atoms with Gasteiger partial charge in [-0.25, -0.2) is 0 Å². The van der Waals surface area contributed by atoms with Crippen molar-refractivity contribution in [3.8, 4) is 17.1 Å². The zero-order valence-corrected chi connectivity index (χ0v) is 15.7. The van der Waals surface area contributed by atoms with Crippen LogP contribution in [0.25, 0.3) is 17.2 Å². The zero-order valence-electron chi connectivity index (χ0n) is 15.0. The van der Waals surface area contributed by atoms with Crippen LogP contribution in [0.5, 0.6) is 5.75 Å². The second-order valence-electron chi connectivity index (χ2n) is 6.29. The summed E-state index contributed by atoms with van der Waals surface area (Å²) in [7, 11) is 0. The molecule has 0 saturated heterocycles. The van der Waals surface area contributed by atoms with Gasteiger partial charge in [0.2, 0.25) is 5.78 Å². The van der Waals surface area contributed by atoms with Gasteiger partial charge in [0.1, 0.15) is 12.4 Å². The number of aliphatic hydroxyl groups is 1. The zero-order chi connectivity index (χ0) is 19.7. The minimum Gasteiger partial charge on any atom is -0.487 e. The molecule has 0 aliphatic heterocycles. The molecule has 0 radical (unpaired) electrons. The molecule has 0 aliphatic rings. The smallest absolute Gasteiger partial charge is 0.276 e. The van der Waals surface area contributed by atoms with Crippen molar-refractivity contribution in [3.05, 3.63) is 81.2 Å². The molecule has 0 fully saturated rings. The summed E-state index contributed by atoms with van der Waals surface area (Å²) in [5.74, 6) is 1.24. The molecule has 0 spiro atoms. The third-order valence-electron chi connectivity index (χ3n) is 4.23. The maximum atomic E-state index is 12.4. The lowest BCUT2D eigenvalue weighted by Gasteiger charge is -2.14. The molecule has 4 aromatic rings. The molecule has 142 valence electrons. The minimum absolute atomic E-state index is 0.0827. The number of rotatable bonds is 5. The van der Waals surface area contributed by atoms with Gasteiger partial charge in [-0.3, -0.25) is 4.79 Å². The highest BCUT2D eigenvalue weighted by Gasteiger charge is 2.14. The molecule has 4 rings (SSSR count). The van der Waals surface area contributed by atoms with E-state index in [2.05, 4.69) is 15.1 Å². The van der Waals surface area contributed by atoms with Crippen LogP contribution in [-0.2, 0) is 6.61 Å². The van der Waals surface area contributed by atoms with E-state index in [-0.39, 0.29) is 12.2 Å². The van der Waals surface area contributed by atoms with Crippen LogP contribution in [-0.4, -0.2) is 24.7 Å². The third-order valence-corrected chi connectivity index (χ3v) is 4.56. The van der Waals surface area contributed by atoms with Crippen molar-refractivity contribution >= 4 is 17.4 Å². The number of halogens is 1. The lowest BCUT2D eigenvalue weighted by molar-refractivity contribution is 0.190. The van der Waals surface area contributed by atoms with Gasteiger partial charge >= 0.3 is 0 Å². The minimum atomic E-state index is -0.782. The first-order valence-electron chi connectivity index (χ1n) is 8.66. The molecule has 7 nitrogen and oxygen atoms in total. The second kappa shape index (κ2) is 7.46. The van der Waals surface area contributed by atoms with Crippen molar-refractivity contribution in [3.63, 3.8) is 0 Å². The molecule has 2 aromatic carbocycles. The van der Waals surface area contributed by atoms with Crippen molar-refractivity contribution in [2.75, 3.05) is 0 Å². The van der Waals surface area contributed by atoms with E-state index in [0.717, 1.165) is 5.56 Å². The fourth-order valence-electron chi connectivity index (χ4n) is 2.93. The maximum absolute atomic E-state index is 12.4.